The highest BCUT2D eigenvalue weighted by atomic mass is 15.1. The fourth-order valence-corrected chi connectivity index (χ4v) is 2.66. The third-order valence-corrected chi connectivity index (χ3v) is 4.21. The minimum absolute atomic E-state index is 0.608. The highest BCUT2D eigenvalue weighted by molar-refractivity contribution is 5.27. The molecule has 1 aromatic rings. The molecule has 0 aliphatic heterocycles. The fraction of sp³-hybridized carbons (Fsp3) is 0.667. The van der Waals surface area contributed by atoms with Crippen LogP contribution in [0.15, 0.2) is 24.3 Å². The molecule has 1 unspecified atom stereocenters. The third-order valence-electron chi connectivity index (χ3n) is 4.21. The Labute approximate surface area is 125 Å². The topological polar surface area (TPSA) is 15.3 Å². The molecule has 1 atom stereocenters. The molecule has 0 saturated carbocycles. The first kappa shape index (κ1) is 17.2. The van der Waals surface area contributed by atoms with Crippen molar-refractivity contribution < 1.29 is 0 Å². The smallest absolute Gasteiger partial charge is 0.0236 e. The van der Waals surface area contributed by atoms with Gasteiger partial charge in [-0.1, -0.05) is 58.9 Å². The molecule has 0 heterocycles. The average molecular weight is 276 g/mol. The van der Waals surface area contributed by atoms with Gasteiger partial charge in [0.1, 0.15) is 0 Å². The Kier molecular flexibility index (Phi) is 7.86. The van der Waals surface area contributed by atoms with E-state index in [9.17, 15) is 0 Å². The number of nitrogens with zero attached hydrogens (tertiary/aromatic N) is 1. The predicted octanol–water partition coefficient (Wildman–Crippen LogP) is 4.05. The minimum atomic E-state index is 0.608. The van der Waals surface area contributed by atoms with E-state index in [2.05, 4.69) is 69.1 Å². The fourth-order valence-electron chi connectivity index (χ4n) is 2.66. The summed E-state index contributed by atoms with van der Waals surface area (Å²) in [6.45, 7) is 15.6. The zero-order valence-electron chi connectivity index (χ0n) is 13.9. The van der Waals surface area contributed by atoms with E-state index in [4.69, 9.17) is 0 Å². The summed E-state index contributed by atoms with van der Waals surface area (Å²) in [4.78, 5) is 2.47. The molecule has 0 aliphatic rings. The maximum atomic E-state index is 3.72. The van der Waals surface area contributed by atoms with Crippen molar-refractivity contribution >= 4 is 0 Å². The standard InChI is InChI=1S/C18H32N2/c1-6-18(15(4)5)19-13-16-11-9-10-12-17(16)14-20(7-2)8-3/h9-12,15,18-19H,6-8,13-14H2,1-5H3. The van der Waals surface area contributed by atoms with E-state index in [0.717, 1.165) is 26.2 Å². The van der Waals surface area contributed by atoms with Crippen LogP contribution in [0.1, 0.15) is 52.2 Å². The quantitative estimate of drug-likeness (QED) is 0.732. The van der Waals surface area contributed by atoms with Gasteiger partial charge >= 0.3 is 0 Å². The summed E-state index contributed by atoms with van der Waals surface area (Å²) >= 11 is 0. The zero-order chi connectivity index (χ0) is 15.0. The summed E-state index contributed by atoms with van der Waals surface area (Å²) in [7, 11) is 0. The van der Waals surface area contributed by atoms with Gasteiger partial charge in [0, 0.05) is 19.1 Å². The normalized spacial score (nSPS) is 13.2. The molecule has 0 aromatic heterocycles. The van der Waals surface area contributed by atoms with Crippen LogP contribution in [0, 0.1) is 5.92 Å². The van der Waals surface area contributed by atoms with E-state index >= 15 is 0 Å². The first-order valence-corrected chi connectivity index (χ1v) is 8.14. The highest BCUT2D eigenvalue weighted by Crippen LogP contribution is 2.13. The number of benzene rings is 1. The van der Waals surface area contributed by atoms with Crippen LogP contribution in [0.3, 0.4) is 0 Å². The molecule has 0 radical (unpaired) electrons. The number of hydrogen-bond acceptors (Lipinski definition) is 2. The van der Waals surface area contributed by atoms with E-state index in [1.807, 2.05) is 0 Å². The van der Waals surface area contributed by atoms with Gasteiger partial charge in [-0.2, -0.15) is 0 Å². The molecule has 1 aromatic carbocycles. The summed E-state index contributed by atoms with van der Waals surface area (Å²) < 4.78 is 0. The van der Waals surface area contributed by atoms with E-state index in [1.165, 1.54) is 17.5 Å². The van der Waals surface area contributed by atoms with Crippen LogP contribution in [-0.4, -0.2) is 24.0 Å². The Morgan fingerprint density at radius 3 is 2.10 bits per heavy atom. The highest BCUT2D eigenvalue weighted by Gasteiger charge is 2.11. The lowest BCUT2D eigenvalue weighted by Gasteiger charge is -2.23. The summed E-state index contributed by atoms with van der Waals surface area (Å²) in [5.74, 6) is 0.690. The lowest BCUT2D eigenvalue weighted by molar-refractivity contribution is 0.294. The van der Waals surface area contributed by atoms with Crippen LogP contribution in [0.5, 0.6) is 0 Å². The summed E-state index contributed by atoms with van der Waals surface area (Å²) in [5.41, 5.74) is 2.90. The maximum absolute atomic E-state index is 3.72. The van der Waals surface area contributed by atoms with Crippen molar-refractivity contribution in [2.75, 3.05) is 13.1 Å². The summed E-state index contributed by atoms with van der Waals surface area (Å²) in [5, 5.41) is 3.72. The van der Waals surface area contributed by atoms with Crippen molar-refractivity contribution in [2.24, 2.45) is 5.92 Å². The van der Waals surface area contributed by atoms with Gasteiger partial charge in [0.05, 0.1) is 0 Å². The second-order valence-electron chi connectivity index (χ2n) is 5.87. The van der Waals surface area contributed by atoms with Crippen molar-refractivity contribution in [1.29, 1.82) is 0 Å². The van der Waals surface area contributed by atoms with Gasteiger partial charge < -0.3 is 5.32 Å². The van der Waals surface area contributed by atoms with Gasteiger partial charge in [0.2, 0.25) is 0 Å². The van der Waals surface area contributed by atoms with E-state index < -0.39 is 0 Å². The molecule has 20 heavy (non-hydrogen) atoms. The van der Waals surface area contributed by atoms with E-state index in [1.54, 1.807) is 0 Å². The maximum Gasteiger partial charge on any atom is 0.0236 e. The van der Waals surface area contributed by atoms with Crippen LogP contribution < -0.4 is 5.32 Å². The molecule has 2 heteroatoms. The molecule has 0 saturated heterocycles. The largest absolute Gasteiger partial charge is 0.310 e. The lowest BCUT2D eigenvalue weighted by Crippen LogP contribution is -2.33. The van der Waals surface area contributed by atoms with Crippen LogP contribution in [0.25, 0.3) is 0 Å². The van der Waals surface area contributed by atoms with Gasteiger partial charge in [-0.25, -0.2) is 0 Å². The monoisotopic (exact) mass is 276 g/mol. The SMILES string of the molecule is CCC(NCc1ccccc1CN(CC)CC)C(C)C. The van der Waals surface area contributed by atoms with Crippen molar-refractivity contribution in [3.8, 4) is 0 Å². The molecule has 0 spiro atoms. The van der Waals surface area contributed by atoms with Gasteiger partial charge in [0.15, 0.2) is 0 Å². The second-order valence-corrected chi connectivity index (χ2v) is 5.87. The molecule has 114 valence electrons. The third kappa shape index (κ3) is 5.26. The molecule has 1 N–H and O–H groups in total. The Morgan fingerprint density at radius 1 is 1.00 bits per heavy atom. The van der Waals surface area contributed by atoms with Crippen LogP contribution in [-0.2, 0) is 13.1 Å². The molecule has 2 nitrogen and oxygen atoms in total. The summed E-state index contributed by atoms with van der Waals surface area (Å²) in [6, 6.07) is 9.45. The Hall–Kier alpha value is -0.860. The lowest BCUT2D eigenvalue weighted by atomic mass is 10.0. The van der Waals surface area contributed by atoms with Crippen LogP contribution in [0.2, 0.25) is 0 Å². The van der Waals surface area contributed by atoms with Gasteiger partial charge in [-0.3, -0.25) is 4.90 Å². The van der Waals surface area contributed by atoms with E-state index in [-0.39, 0.29) is 0 Å². The van der Waals surface area contributed by atoms with Gasteiger partial charge in [0.25, 0.3) is 0 Å². The molecule has 0 fully saturated rings. The zero-order valence-corrected chi connectivity index (χ0v) is 13.9. The predicted molar refractivity (Wildman–Crippen MR) is 88.8 cm³/mol. The molecular weight excluding hydrogens is 244 g/mol. The van der Waals surface area contributed by atoms with Crippen molar-refractivity contribution in [3.05, 3.63) is 35.4 Å². The van der Waals surface area contributed by atoms with Crippen molar-refractivity contribution in [1.82, 2.24) is 10.2 Å². The Morgan fingerprint density at radius 2 is 1.60 bits per heavy atom. The number of nitrogens with one attached hydrogen (secondary N) is 1. The molecule has 1 rings (SSSR count). The molecule has 0 aliphatic carbocycles. The van der Waals surface area contributed by atoms with Crippen molar-refractivity contribution in [3.63, 3.8) is 0 Å². The molecule has 0 amide bonds. The van der Waals surface area contributed by atoms with Crippen LogP contribution in [0.4, 0.5) is 0 Å². The van der Waals surface area contributed by atoms with E-state index in [0.29, 0.717) is 12.0 Å². The first-order valence-electron chi connectivity index (χ1n) is 8.14. The molecular formula is C18H32N2. The first-order chi connectivity index (χ1) is 9.62. The average Bonchev–Trinajstić information content (AvgIpc) is 2.46. The molecule has 0 bridgehead atoms. The van der Waals surface area contributed by atoms with Gasteiger partial charge in [-0.15, -0.1) is 0 Å². The Bertz CT molecular complexity index is 369. The Balaban J connectivity index is 2.70. The number of rotatable bonds is 9. The second kappa shape index (κ2) is 9.15. The summed E-state index contributed by atoms with van der Waals surface area (Å²) in [6.07, 6.45) is 1.19. The minimum Gasteiger partial charge on any atom is -0.310 e. The van der Waals surface area contributed by atoms with Crippen LogP contribution >= 0.6 is 0 Å². The van der Waals surface area contributed by atoms with Gasteiger partial charge in [-0.05, 0) is 36.6 Å². The van der Waals surface area contributed by atoms with Crippen molar-refractivity contribution in [2.45, 2.75) is 60.2 Å². The number of hydrogen-bond donors (Lipinski definition) is 1.